The molecule has 3 atom stereocenters. The molecule has 0 spiro atoms. The van der Waals surface area contributed by atoms with E-state index in [1.165, 1.54) is 0 Å². The zero-order valence-corrected chi connectivity index (χ0v) is 24.9. The van der Waals surface area contributed by atoms with Gasteiger partial charge in [0, 0.05) is 52.0 Å². The van der Waals surface area contributed by atoms with E-state index in [2.05, 4.69) is 17.4 Å². The van der Waals surface area contributed by atoms with E-state index in [1.54, 1.807) is 18.1 Å². The number of nitrogens with one attached hydrogen (secondary N) is 1. The quantitative estimate of drug-likeness (QED) is 0.296. The topological polar surface area (TPSA) is 91.3 Å². The van der Waals surface area contributed by atoms with Crippen LogP contribution in [0.15, 0.2) is 78.9 Å². The first-order valence-corrected chi connectivity index (χ1v) is 14.7. The molecule has 4 rings (SSSR count). The second-order valence-electron chi connectivity index (χ2n) is 11.1. The maximum Gasteiger partial charge on any atom is 0.415 e. The van der Waals surface area contributed by atoms with Gasteiger partial charge in [-0.05, 0) is 47.6 Å². The van der Waals surface area contributed by atoms with E-state index < -0.39 is 12.1 Å². The molecule has 8 heteroatoms. The standard InChI is InChI=1S/C34H43N3O5/c1-36(2)28-12-9-13-29(22-28)42-34(40)37(20-21-41-3)23-25-16-18-26(19-17-25)30-14-7-8-15-31(30)33(39)35-32(24-38)27-10-5-4-6-11-27/h4-6,9-13,16-19,22,30-32,38H,7-8,14-15,20-21,23-24H2,1-3H3,(H,35,39). The Bertz CT molecular complexity index is 1280. The molecule has 1 aliphatic rings. The molecule has 3 aromatic rings. The summed E-state index contributed by atoms with van der Waals surface area (Å²) < 4.78 is 11.0. The summed E-state index contributed by atoms with van der Waals surface area (Å²) >= 11 is 0. The van der Waals surface area contributed by atoms with Crippen LogP contribution in [0.1, 0.15) is 54.3 Å². The number of aliphatic hydroxyl groups is 1. The van der Waals surface area contributed by atoms with Gasteiger partial charge in [-0.2, -0.15) is 0 Å². The van der Waals surface area contributed by atoms with Crippen LogP contribution in [0.5, 0.6) is 5.75 Å². The fourth-order valence-corrected chi connectivity index (χ4v) is 5.56. The molecule has 0 heterocycles. The van der Waals surface area contributed by atoms with Gasteiger partial charge in [0.25, 0.3) is 0 Å². The van der Waals surface area contributed by atoms with E-state index in [1.807, 2.05) is 79.7 Å². The molecule has 8 nitrogen and oxygen atoms in total. The zero-order chi connectivity index (χ0) is 29.9. The van der Waals surface area contributed by atoms with Crippen molar-refractivity contribution >= 4 is 17.7 Å². The smallest absolute Gasteiger partial charge is 0.410 e. The monoisotopic (exact) mass is 573 g/mol. The van der Waals surface area contributed by atoms with Crippen LogP contribution in [0.3, 0.4) is 0 Å². The minimum absolute atomic E-state index is 0.0153. The van der Waals surface area contributed by atoms with Gasteiger partial charge < -0.3 is 29.7 Å². The van der Waals surface area contributed by atoms with Crippen molar-refractivity contribution < 1.29 is 24.2 Å². The molecule has 1 aliphatic carbocycles. The molecule has 1 fully saturated rings. The van der Waals surface area contributed by atoms with Crippen molar-refractivity contribution in [2.24, 2.45) is 5.92 Å². The van der Waals surface area contributed by atoms with Crippen molar-refractivity contribution in [2.45, 2.75) is 44.2 Å². The summed E-state index contributed by atoms with van der Waals surface area (Å²) in [4.78, 5) is 30.1. The third kappa shape index (κ3) is 8.33. The molecule has 3 unspecified atom stereocenters. The highest BCUT2D eigenvalue weighted by Crippen LogP contribution is 2.38. The Kier molecular flexibility index (Phi) is 11.4. The summed E-state index contributed by atoms with van der Waals surface area (Å²) in [5.41, 5.74) is 3.92. The Morgan fingerprint density at radius 2 is 1.71 bits per heavy atom. The molecule has 0 saturated heterocycles. The number of benzene rings is 3. The number of hydrogen-bond donors (Lipinski definition) is 2. The number of carbonyl (C=O) groups excluding carboxylic acids is 2. The average Bonchev–Trinajstić information content (AvgIpc) is 3.02. The maximum absolute atomic E-state index is 13.4. The van der Waals surface area contributed by atoms with Crippen LogP contribution < -0.4 is 15.0 Å². The molecule has 1 saturated carbocycles. The van der Waals surface area contributed by atoms with Gasteiger partial charge in [0.15, 0.2) is 0 Å². The number of ether oxygens (including phenoxy) is 2. The van der Waals surface area contributed by atoms with Crippen molar-refractivity contribution in [1.29, 1.82) is 0 Å². The van der Waals surface area contributed by atoms with E-state index in [0.717, 1.165) is 48.1 Å². The van der Waals surface area contributed by atoms with Crippen LogP contribution in [0.2, 0.25) is 0 Å². The Balaban J connectivity index is 1.43. The molecule has 0 radical (unpaired) electrons. The first kappa shape index (κ1) is 31.1. The molecule has 0 aromatic heterocycles. The van der Waals surface area contributed by atoms with Crippen molar-refractivity contribution in [1.82, 2.24) is 10.2 Å². The molecule has 0 aliphatic heterocycles. The first-order valence-electron chi connectivity index (χ1n) is 14.7. The predicted molar refractivity (Wildman–Crippen MR) is 165 cm³/mol. The van der Waals surface area contributed by atoms with E-state index in [4.69, 9.17) is 9.47 Å². The molecule has 224 valence electrons. The molecule has 3 aromatic carbocycles. The van der Waals surface area contributed by atoms with Crippen LogP contribution in [0.4, 0.5) is 10.5 Å². The van der Waals surface area contributed by atoms with E-state index in [0.29, 0.717) is 25.4 Å². The lowest BCUT2D eigenvalue weighted by Gasteiger charge is -2.32. The number of rotatable bonds is 12. The number of methoxy groups -OCH3 is 1. The van der Waals surface area contributed by atoms with E-state index >= 15 is 0 Å². The van der Waals surface area contributed by atoms with E-state index in [9.17, 15) is 14.7 Å². The van der Waals surface area contributed by atoms with Gasteiger partial charge in [0.1, 0.15) is 5.75 Å². The lowest BCUT2D eigenvalue weighted by Crippen LogP contribution is -2.39. The Labute approximate surface area is 249 Å². The second kappa shape index (κ2) is 15.4. The minimum Gasteiger partial charge on any atom is -0.410 e. The Morgan fingerprint density at radius 3 is 2.40 bits per heavy atom. The fourth-order valence-electron chi connectivity index (χ4n) is 5.56. The Morgan fingerprint density at radius 1 is 0.976 bits per heavy atom. The van der Waals surface area contributed by atoms with Gasteiger partial charge in [-0.15, -0.1) is 0 Å². The van der Waals surface area contributed by atoms with Gasteiger partial charge in [-0.1, -0.05) is 73.5 Å². The van der Waals surface area contributed by atoms with Crippen molar-refractivity contribution in [3.63, 3.8) is 0 Å². The lowest BCUT2D eigenvalue weighted by molar-refractivity contribution is -0.127. The molecular weight excluding hydrogens is 530 g/mol. The lowest BCUT2D eigenvalue weighted by atomic mass is 9.74. The van der Waals surface area contributed by atoms with Crippen molar-refractivity contribution in [3.05, 3.63) is 95.6 Å². The van der Waals surface area contributed by atoms with Gasteiger partial charge in [-0.3, -0.25) is 4.79 Å². The third-order valence-electron chi connectivity index (χ3n) is 7.95. The second-order valence-corrected chi connectivity index (χ2v) is 11.1. The van der Waals surface area contributed by atoms with Crippen LogP contribution in [-0.4, -0.2) is 63.0 Å². The SMILES string of the molecule is COCCN(Cc1ccc(C2CCCCC2C(=O)NC(CO)c2ccccc2)cc1)C(=O)Oc1cccc(N(C)C)c1. The molecule has 0 bridgehead atoms. The molecule has 2 N–H and O–H groups in total. The highest BCUT2D eigenvalue weighted by atomic mass is 16.6. The Hall–Kier alpha value is -3.88. The number of amides is 2. The summed E-state index contributed by atoms with van der Waals surface area (Å²) in [6.07, 6.45) is 3.40. The maximum atomic E-state index is 13.4. The summed E-state index contributed by atoms with van der Waals surface area (Å²) in [5.74, 6) is 0.412. The third-order valence-corrected chi connectivity index (χ3v) is 7.95. The van der Waals surface area contributed by atoms with Crippen molar-refractivity contribution in [3.8, 4) is 5.75 Å². The summed E-state index contributed by atoms with van der Waals surface area (Å²) in [5, 5.41) is 13.1. The van der Waals surface area contributed by atoms with Gasteiger partial charge in [0.05, 0.1) is 19.3 Å². The fraction of sp³-hybridized carbons (Fsp3) is 0.412. The summed E-state index contributed by atoms with van der Waals surface area (Å²) in [7, 11) is 5.49. The van der Waals surface area contributed by atoms with Crippen molar-refractivity contribution in [2.75, 3.05) is 45.9 Å². The van der Waals surface area contributed by atoms with E-state index in [-0.39, 0.29) is 24.3 Å². The predicted octanol–water partition coefficient (Wildman–Crippen LogP) is 5.52. The number of carbonyl (C=O) groups is 2. The molecule has 42 heavy (non-hydrogen) atoms. The van der Waals surface area contributed by atoms with Crippen LogP contribution in [0, 0.1) is 5.92 Å². The highest BCUT2D eigenvalue weighted by molar-refractivity contribution is 5.80. The number of nitrogens with zero attached hydrogens (tertiary/aromatic N) is 2. The number of anilines is 1. The highest BCUT2D eigenvalue weighted by Gasteiger charge is 2.33. The average molecular weight is 574 g/mol. The summed E-state index contributed by atoms with van der Waals surface area (Å²) in [6.45, 7) is 1.01. The van der Waals surface area contributed by atoms with Crippen LogP contribution >= 0.6 is 0 Å². The van der Waals surface area contributed by atoms with Gasteiger partial charge in [0.2, 0.25) is 5.91 Å². The number of hydrogen-bond acceptors (Lipinski definition) is 6. The van der Waals surface area contributed by atoms with Gasteiger partial charge >= 0.3 is 6.09 Å². The molecule has 2 amide bonds. The normalized spacial score (nSPS) is 17.2. The van der Waals surface area contributed by atoms with Gasteiger partial charge in [-0.25, -0.2) is 4.79 Å². The number of aliphatic hydroxyl groups excluding tert-OH is 1. The zero-order valence-electron chi connectivity index (χ0n) is 24.9. The minimum atomic E-state index is -0.437. The van der Waals surface area contributed by atoms with Crippen LogP contribution in [0.25, 0.3) is 0 Å². The first-order chi connectivity index (χ1) is 20.4. The molecular formula is C34H43N3O5. The largest absolute Gasteiger partial charge is 0.415 e. The van der Waals surface area contributed by atoms with Crippen LogP contribution in [-0.2, 0) is 16.1 Å². The summed E-state index contributed by atoms with van der Waals surface area (Å²) in [6, 6.07) is 24.8.